The molecule has 0 aliphatic carbocycles. The zero-order chi connectivity index (χ0) is 28.5. The van der Waals surface area contributed by atoms with Crippen LogP contribution in [0.3, 0.4) is 0 Å². The highest BCUT2D eigenvalue weighted by Gasteiger charge is 2.28. The third-order valence-electron chi connectivity index (χ3n) is 6.31. The van der Waals surface area contributed by atoms with Gasteiger partial charge in [-0.1, -0.05) is 52.7 Å². The molecule has 0 saturated carbocycles. The molecule has 1 aromatic carbocycles. The van der Waals surface area contributed by atoms with Gasteiger partial charge in [-0.3, -0.25) is 4.79 Å². The highest BCUT2D eigenvalue weighted by atomic mass is 32.2. The van der Waals surface area contributed by atoms with Crippen LogP contribution in [-0.2, 0) is 10.0 Å². The number of hydrogen-bond donors (Lipinski definition) is 1. The first-order chi connectivity index (χ1) is 18.1. The zero-order valence-corrected chi connectivity index (χ0v) is 24.1. The van der Waals surface area contributed by atoms with E-state index >= 15 is 0 Å². The predicted octanol–water partition coefficient (Wildman–Crippen LogP) is 5.53. The standard InChI is InChI=1S/C27H40N6O4S/c1-7-11-17-32(18-12-8-2)38(36,37)23-16-14-13-15-22(23)29-30-25-24(20(5)6)21(19-28)26(34)33(27(25)35)31(9-3)10-4/h13-16,20,35H,7-12,17-18H2,1-6H3/b30-29+. The molecular formula is C27H40N6O4S. The van der Waals surface area contributed by atoms with E-state index in [1.54, 1.807) is 37.1 Å². The predicted molar refractivity (Wildman–Crippen MR) is 150 cm³/mol. The van der Waals surface area contributed by atoms with Crippen LogP contribution in [-0.4, -0.2) is 48.7 Å². The molecule has 1 N–H and O–H groups in total. The normalized spacial score (nSPS) is 12.0. The minimum atomic E-state index is -3.86. The van der Waals surface area contributed by atoms with E-state index in [2.05, 4.69) is 10.2 Å². The van der Waals surface area contributed by atoms with Crippen molar-refractivity contribution < 1.29 is 13.5 Å². The molecule has 0 aliphatic rings. The quantitative estimate of drug-likeness (QED) is 0.311. The topological polar surface area (TPSA) is 131 Å². The van der Waals surface area contributed by atoms with Gasteiger partial charge < -0.3 is 10.1 Å². The maximum atomic E-state index is 13.7. The van der Waals surface area contributed by atoms with Crippen molar-refractivity contribution in [3.05, 3.63) is 45.7 Å². The van der Waals surface area contributed by atoms with Crippen molar-refractivity contribution in [2.45, 2.75) is 78.0 Å². The fourth-order valence-electron chi connectivity index (χ4n) is 4.22. The van der Waals surface area contributed by atoms with Gasteiger partial charge in [-0.05, 0) is 44.7 Å². The maximum absolute atomic E-state index is 13.7. The number of benzene rings is 1. The molecule has 11 heteroatoms. The number of unbranched alkanes of at least 4 members (excludes halogenated alkanes) is 2. The van der Waals surface area contributed by atoms with Crippen molar-refractivity contribution in [3.63, 3.8) is 0 Å². The summed E-state index contributed by atoms with van der Waals surface area (Å²) in [5.74, 6) is -0.779. The number of aromatic nitrogens is 1. The molecule has 1 aromatic heterocycles. The Hall–Kier alpha value is -3.23. The van der Waals surface area contributed by atoms with Gasteiger partial charge >= 0.3 is 0 Å². The summed E-state index contributed by atoms with van der Waals surface area (Å²) in [6.45, 7) is 12.9. The average Bonchev–Trinajstić information content (AvgIpc) is 2.90. The van der Waals surface area contributed by atoms with E-state index in [1.807, 2.05) is 33.8 Å². The van der Waals surface area contributed by atoms with Crippen molar-refractivity contribution in [2.24, 2.45) is 10.2 Å². The summed E-state index contributed by atoms with van der Waals surface area (Å²) in [6, 6.07) is 8.31. The van der Waals surface area contributed by atoms with E-state index in [1.165, 1.54) is 10.4 Å². The van der Waals surface area contributed by atoms with Crippen molar-refractivity contribution >= 4 is 21.4 Å². The van der Waals surface area contributed by atoms with Gasteiger partial charge in [0.25, 0.3) is 5.56 Å². The Morgan fingerprint density at radius 1 is 1.03 bits per heavy atom. The number of sulfonamides is 1. The lowest BCUT2D eigenvalue weighted by Crippen LogP contribution is -2.43. The Labute approximate surface area is 226 Å². The van der Waals surface area contributed by atoms with Crippen LogP contribution < -0.4 is 10.6 Å². The molecule has 0 bridgehead atoms. The van der Waals surface area contributed by atoms with Crippen LogP contribution in [0.15, 0.2) is 44.2 Å². The van der Waals surface area contributed by atoms with Crippen molar-refractivity contribution in [1.82, 2.24) is 8.98 Å². The van der Waals surface area contributed by atoms with E-state index in [9.17, 15) is 23.6 Å². The first-order valence-corrected chi connectivity index (χ1v) is 14.7. The third kappa shape index (κ3) is 6.60. The summed E-state index contributed by atoms with van der Waals surface area (Å²) in [4.78, 5) is 13.2. The Bertz CT molecular complexity index is 1320. The highest BCUT2D eigenvalue weighted by Crippen LogP contribution is 2.38. The van der Waals surface area contributed by atoms with Crippen LogP contribution in [0.4, 0.5) is 11.4 Å². The average molecular weight is 545 g/mol. The smallest absolute Gasteiger partial charge is 0.290 e. The fraction of sp³-hybridized carbons (Fsp3) is 0.556. The van der Waals surface area contributed by atoms with Crippen LogP contribution in [0, 0.1) is 11.3 Å². The molecule has 208 valence electrons. The first kappa shape index (κ1) is 31.0. The number of rotatable bonds is 14. The molecule has 0 saturated heterocycles. The lowest BCUT2D eigenvalue weighted by molar-refractivity contribution is 0.395. The second kappa shape index (κ2) is 14.1. The maximum Gasteiger partial charge on any atom is 0.290 e. The Balaban J connectivity index is 2.76. The van der Waals surface area contributed by atoms with Gasteiger partial charge in [0.1, 0.15) is 22.2 Å². The largest absolute Gasteiger partial charge is 0.492 e. The number of hydrogen-bond acceptors (Lipinski definition) is 8. The second-order valence-electron chi connectivity index (χ2n) is 9.26. The number of pyridine rings is 1. The summed E-state index contributed by atoms with van der Waals surface area (Å²) in [7, 11) is -3.86. The minimum Gasteiger partial charge on any atom is -0.492 e. The lowest BCUT2D eigenvalue weighted by atomic mass is 9.97. The molecule has 1 heterocycles. The van der Waals surface area contributed by atoms with E-state index < -0.39 is 21.5 Å². The molecule has 0 aliphatic heterocycles. The molecule has 0 spiro atoms. The monoisotopic (exact) mass is 544 g/mol. The Kier molecular flexibility index (Phi) is 11.5. The Morgan fingerprint density at radius 2 is 1.61 bits per heavy atom. The molecule has 2 aromatic rings. The van der Waals surface area contributed by atoms with Gasteiger partial charge in [-0.2, -0.15) is 14.2 Å². The third-order valence-corrected chi connectivity index (χ3v) is 8.25. The highest BCUT2D eigenvalue weighted by molar-refractivity contribution is 7.89. The molecule has 0 atom stereocenters. The lowest BCUT2D eigenvalue weighted by Gasteiger charge is -2.26. The summed E-state index contributed by atoms with van der Waals surface area (Å²) < 4.78 is 29.9. The van der Waals surface area contributed by atoms with Crippen LogP contribution in [0.5, 0.6) is 5.88 Å². The van der Waals surface area contributed by atoms with Crippen molar-refractivity contribution in [1.29, 1.82) is 5.26 Å². The zero-order valence-electron chi connectivity index (χ0n) is 23.3. The van der Waals surface area contributed by atoms with E-state index in [4.69, 9.17) is 0 Å². The number of nitriles is 1. The Morgan fingerprint density at radius 3 is 2.11 bits per heavy atom. The number of nitrogens with zero attached hydrogens (tertiary/aromatic N) is 6. The van der Waals surface area contributed by atoms with Crippen molar-refractivity contribution in [3.8, 4) is 11.9 Å². The summed E-state index contributed by atoms with van der Waals surface area (Å²) in [5.41, 5.74) is -0.440. The van der Waals surface area contributed by atoms with Crippen LogP contribution in [0.25, 0.3) is 0 Å². The molecule has 0 radical (unpaired) electrons. The van der Waals surface area contributed by atoms with Crippen LogP contribution >= 0.6 is 0 Å². The van der Waals surface area contributed by atoms with Gasteiger partial charge in [-0.15, -0.1) is 10.2 Å². The van der Waals surface area contributed by atoms with E-state index in [0.29, 0.717) is 26.2 Å². The fourth-order valence-corrected chi connectivity index (χ4v) is 5.86. The van der Waals surface area contributed by atoms with Crippen molar-refractivity contribution in [2.75, 3.05) is 31.2 Å². The van der Waals surface area contributed by atoms with Gasteiger partial charge in [0.05, 0.1) is 0 Å². The number of azo groups is 1. The van der Waals surface area contributed by atoms with Gasteiger partial charge in [0, 0.05) is 31.7 Å². The van der Waals surface area contributed by atoms with Gasteiger partial charge in [0.15, 0.2) is 5.69 Å². The summed E-state index contributed by atoms with van der Waals surface area (Å²) in [6.07, 6.45) is 3.20. The molecule has 0 amide bonds. The molecule has 0 unspecified atom stereocenters. The molecule has 0 fully saturated rings. The SMILES string of the molecule is CCCCN(CCCC)S(=O)(=O)c1ccccc1/N=N/c1c(C(C)C)c(C#N)c(=O)n(N(CC)CC)c1O. The second-order valence-corrected chi connectivity index (χ2v) is 11.2. The number of aromatic hydroxyl groups is 1. The molecule has 2 rings (SSSR count). The van der Waals surface area contributed by atoms with Crippen LogP contribution in [0.1, 0.15) is 84.3 Å². The van der Waals surface area contributed by atoms with Gasteiger partial charge in [-0.25, -0.2) is 8.42 Å². The van der Waals surface area contributed by atoms with Gasteiger partial charge in [0.2, 0.25) is 15.9 Å². The van der Waals surface area contributed by atoms with E-state index in [0.717, 1.165) is 30.4 Å². The minimum absolute atomic E-state index is 0.0131. The first-order valence-electron chi connectivity index (χ1n) is 13.3. The van der Waals surface area contributed by atoms with E-state index in [-0.39, 0.29) is 33.3 Å². The summed E-state index contributed by atoms with van der Waals surface area (Å²) in [5, 5.41) is 31.1. The van der Waals surface area contributed by atoms with Crippen LogP contribution in [0.2, 0.25) is 0 Å². The molecule has 10 nitrogen and oxygen atoms in total. The summed E-state index contributed by atoms with van der Waals surface area (Å²) >= 11 is 0. The molecule has 38 heavy (non-hydrogen) atoms. The molecular weight excluding hydrogens is 504 g/mol.